The van der Waals surface area contributed by atoms with Gasteiger partial charge < -0.3 is 10.1 Å². The molecular formula is C20H20N2O2S. The van der Waals surface area contributed by atoms with Crippen molar-refractivity contribution < 1.29 is 9.53 Å². The zero-order valence-electron chi connectivity index (χ0n) is 14.2. The summed E-state index contributed by atoms with van der Waals surface area (Å²) in [6, 6.07) is 17.6. The molecule has 0 aliphatic carbocycles. The van der Waals surface area contributed by atoms with Crippen LogP contribution in [0.3, 0.4) is 0 Å². The molecule has 0 radical (unpaired) electrons. The van der Waals surface area contributed by atoms with E-state index in [9.17, 15) is 4.79 Å². The third-order valence-corrected chi connectivity index (χ3v) is 4.38. The fourth-order valence-corrected chi connectivity index (χ4v) is 3.15. The number of rotatable bonds is 6. The lowest BCUT2D eigenvalue weighted by molar-refractivity contribution is 0.0946. The molecule has 5 heteroatoms. The summed E-state index contributed by atoms with van der Waals surface area (Å²) in [5.74, 6) is 0.638. The molecule has 0 aliphatic rings. The van der Waals surface area contributed by atoms with Crippen LogP contribution in [0.2, 0.25) is 0 Å². The summed E-state index contributed by atoms with van der Waals surface area (Å²) >= 11 is 1.45. The molecule has 1 N–H and O–H groups in total. The lowest BCUT2D eigenvalue weighted by Crippen LogP contribution is -2.23. The first-order valence-corrected chi connectivity index (χ1v) is 9.04. The van der Waals surface area contributed by atoms with Gasteiger partial charge in [-0.1, -0.05) is 42.5 Å². The second-order valence-corrected chi connectivity index (χ2v) is 6.76. The van der Waals surface area contributed by atoms with Crippen molar-refractivity contribution in [1.29, 1.82) is 0 Å². The van der Waals surface area contributed by atoms with Gasteiger partial charge in [-0.2, -0.15) is 0 Å². The Kier molecular flexibility index (Phi) is 5.46. The van der Waals surface area contributed by atoms with Crippen molar-refractivity contribution in [1.82, 2.24) is 10.3 Å². The zero-order chi connectivity index (χ0) is 17.6. The Hall–Kier alpha value is -2.66. The average Bonchev–Trinajstić information content (AvgIpc) is 3.10. The first kappa shape index (κ1) is 17.2. The molecule has 1 amide bonds. The summed E-state index contributed by atoms with van der Waals surface area (Å²) in [6.07, 6.45) is 0.117. The summed E-state index contributed by atoms with van der Waals surface area (Å²) in [6.45, 7) is 4.47. The van der Waals surface area contributed by atoms with Crippen LogP contribution in [-0.2, 0) is 6.54 Å². The predicted molar refractivity (Wildman–Crippen MR) is 101 cm³/mol. The topological polar surface area (TPSA) is 51.2 Å². The largest absolute Gasteiger partial charge is 0.491 e. The number of ether oxygens (including phenoxy) is 1. The number of nitrogens with one attached hydrogen (secondary N) is 1. The highest BCUT2D eigenvalue weighted by Gasteiger charge is 2.12. The molecule has 0 unspecified atom stereocenters. The molecule has 0 saturated heterocycles. The first-order chi connectivity index (χ1) is 12.1. The molecule has 25 heavy (non-hydrogen) atoms. The van der Waals surface area contributed by atoms with Gasteiger partial charge >= 0.3 is 0 Å². The highest BCUT2D eigenvalue weighted by Crippen LogP contribution is 2.27. The molecule has 0 aliphatic heterocycles. The maximum Gasteiger partial charge on any atom is 0.271 e. The van der Waals surface area contributed by atoms with Gasteiger partial charge in [0.1, 0.15) is 16.5 Å². The quantitative estimate of drug-likeness (QED) is 0.709. The fraction of sp³-hybridized carbons (Fsp3) is 0.200. The normalized spacial score (nSPS) is 10.7. The van der Waals surface area contributed by atoms with Crippen LogP contribution in [0.15, 0.2) is 60.0 Å². The minimum Gasteiger partial charge on any atom is -0.491 e. The maximum absolute atomic E-state index is 12.3. The van der Waals surface area contributed by atoms with Gasteiger partial charge in [-0.3, -0.25) is 4.79 Å². The SMILES string of the molecule is CC(C)Oc1cccc(-c2nc(C(=O)NCc3ccccc3)cs2)c1. The minimum absolute atomic E-state index is 0.117. The van der Waals surface area contributed by atoms with Gasteiger partial charge in [-0.05, 0) is 31.5 Å². The average molecular weight is 352 g/mol. The van der Waals surface area contributed by atoms with Crippen LogP contribution >= 0.6 is 11.3 Å². The number of benzene rings is 2. The van der Waals surface area contributed by atoms with E-state index in [2.05, 4.69) is 10.3 Å². The van der Waals surface area contributed by atoms with Gasteiger partial charge in [0.2, 0.25) is 0 Å². The van der Waals surface area contributed by atoms with E-state index in [-0.39, 0.29) is 12.0 Å². The number of hydrogen-bond donors (Lipinski definition) is 1. The summed E-state index contributed by atoms with van der Waals surface area (Å²) < 4.78 is 5.72. The summed E-state index contributed by atoms with van der Waals surface area (Å²) in [7, 11) is 0. The number of thiazole rings is 1. The van der Waals surface area contributed by atoms with Gasteiger partial charge in [0.25, 0.3) is 5.91 Å². The lowest BCUT2D eigenvalue weighted by Gasteiger charge is -2.10. The van der Waals surface area contributed by atoms with Crippen LogP contribution in [0.4, 0.5) is 0 Å². The van der Waals surface area contributed by atoms with E-state index in [0.29, 0.717) is 12.2 Å². The molecule has 0 spiro atoms. The van der Waals surface area contributed by atoms with Crippen molar-refractivity contribution in [2.24, 2.45) is 0 Å². The molecule has 0 atom stereocenters. The van der Waals surface area contributed by atoms with Crippen LogP contribution < -0.4 is 10.1 Å². The molecule has 0 bridgehead atoms. The minimum atomic E-state index is -0.166. The van der Waals surface area contributed by atoms with Crippen molar-refractivity contribution in [3.63, 3.8) is 0 Å². The van der Waals surface area contributed by atoms with Crippen molar-refractivity contribution >= 4 is 17.2 Å². The van der Waals surface area contributed by atoms with Crippen LogP contribution in [0.25, 0.3) is 10.6 Å². The Morgan fingerprint density at radius 2 is 1.96 bits per heavy atom. The molecule has 128 valence electrons. The zero-order valence-corrected chi connectivity index (χ0v) is 15.0. The summed E-state index contributed by atoms with van der Waals surface area (Å²) in [5.41, 5.74) is 2.45. The van der Waals surface area contributed by atoms with E-state index in [1.807, 2.05) is 68.4 Å². The predicted octanol–water partition coefficient (Wildman–Crippen LogP) is 4.53. The first-order valence-electron chi connectivity index (χ1n) is 8.16. The van der Waals surface area contributed by atoms with E-state index in [4.69, 9.17) is 4.74 Å². The van der Waals surface area contributed by atoms with Crippen LogP contribution in [0.1, 0.15) is 29.9 Å². The highest BCUT2D eigenvalue weighted by molar-refractivity contribution is 7.13. The molecule has 4 nitrogen and oxygen atoms in total. The highest BCUT2D eigenvalue weighted by atomic mass is 32.1. The van der Waals surface area contributed by atoms with Gasteiger partial charge in [-0.15, -0.1) is 11.3 Å². The van der Waals surface area contributed by atoms with Crippen LogP contribution in [-0.4, -0.2) is 17.0 Å². The molecule has 3 aromatic rings. The fourth-order valence-electron chi connectivity index (χ4n) is 2.35. The van der Waals surface area contributed by atoms with E-state index >= 15 is 0 Å². The van der Waals surface area contributed by atoms with Crippen molar-refractivity contribution in [3.8, 4) is 16.3 Å². The third-order valence-electron chi connectivity index (χ3n) is 3.49. The van der Waals surface area contributed by atoms with Gasteiger partial charge in [-0.25, -0.2) is 4.98 Å². The maximum atomic E-state index is 12.3. The number of hydrogen-bond acceptors (Lipinski definition) is 4. The Bertz CT molecular complexity index is 844. The van der Waals surface area contributed by atoms with Crippen LogP contribution in [0, 0.1) is 0 Å². The smallest absolute Gasteiger partial charge is 0.271 e. The summed E-state index contributed by atoms with van der Waals surface area (Å²) in [4.78, 5) is 16.7. The molecule has 1 heterocycles. The number of carbonyl (C=O) groups excluding carboxylic acids is 1. The number of amides is 1. The number of aromatic nitrogens is 1. The Morgan fingerprint density at radius 3 is 2.72 bits per heavy atom. The Morgan fingerprint density at radius 1 is 1.16 bits per heavy atom. The molecule has 0 saturated carbocycles. The standard InChI is InChI=1S/C20H20N2O2S/c1-14(2)24-17-10-6-9-16(11-17)20-22-18(13-25-20)19(23)21-12-15-7-4-3-5-8-15/h3-11,13-14H,12H2,1-2H3,(H,21,23). The van der Waals surface area contributed by atoms with Gasteiger partial charge in [0, 0.05) is 17.5 Å². The van der Waals surface area contributed by atoms with Gasteiger partial charge in [0.15, 0.2) is 0 Å². The molecule has 1 aromatic heterocycles. The van der Waals surface area contributed by atoms with E-state index in [1.165, 1.54) is 11.3 Å². The van der Waals surface area contributed by atoms with Crippen molar-refractivity contribution in [2.75, 3.05) is 0 Å². The number of nitrogens with zero attached hydrogens (tertiary/aromatic N) is 1. The van der Waals surface area contributed by atoms with Crippen molar-refractivity contribution in [3.05, 3.63) is 71.2 Å². The molecular weight excluding hydrogens is 332 g/mol. The monoisotopic (exact) mass is 352 g/mol. The third kappa shape index (κ3) is 4.67. The van der Waals surface area contributed by atoms with E-state index in [0.717, 1.165) is 21.9 Å². The summed E-state index contributed by atoms with van der Waals surface area (Å²) in [5, 5.41) is 5.49. The second-order valence-electron chi connectivity index (χ2n) is 5.90. The number of carbonyl (C=O) groups is 1. The molecule has 3 rings (SSSR count). The van der Waals surface area contributed by atoms with E-state index in [1.54, 1.807) is 5.38 Å². The lowest BCUT2D eigenvalue weighted by atomic mass is 10.2. The molecule has 2 aromatic carbocycles. The van der Waals surface area contributed by atoms with Crippen molar-refractivity contribution in [2.45, 2.75) is 26.5 Å². The van der Waals surface area contributed by atoms with Crippen LogP contribution in [0.5, 0.6) is 5.75 Å². The van der Waals surface area contributed by atoms with E-state index < -0.39 is 0 Å². The van der Waals surface area contributed by atoms with Gasteiger partial charge in [0.05, 0.1) is 6.10 Å². The molecule has 0 fully saturated rings. The Labute approximate surface area is 151 Å². The second kappa shape index (κ2) is 7.94. The Balaban J connectivity index is 1.68.